The number of hydrogen-bond acceptors (Lipinski definition) is 7. The molecule has 8 nitrogen and oxygen atoms in total. The quantitative estimate of drug-likeness (QED) is 0.682. The van der Waals surface area contributed by atoms with E-state index in [0.29, 0.717) is 13.2 Å². The van der Waals surface area contributed by atoms with E-state index >= 15 is 0 Å². The fourth-order valence-electron chi connectivity index (χ4n) is 4.20. The zero-order chi connectivity index (χ0) is 19.8. The lowest BCUT2D eigenvalue weighted by atomic mass is 10.1. The molecule has 0 aromatic carbocycles. The molecule has 4 heterocycles. The van der Waals surface area contributed by atoms with Gasteiger partial charge in [-0.1, -0.05) is 12.8 Å². The second-order valence-corrected chi connectivity index (χ2v) is 8.57. The van der Waals surface area contributed by atoms with Gasteiger partial charge in [0.2, 0.25) is 5.91 Å². The number of rotatable bonds is 4. The summed E-state index contributed by atoms with van der Waals surface area (Å²) in [5, 5.41) is 10.2. The number of H-pyrrole nitrogens is 1. The Kier molecular flexibility index (Phi) is 4.92. The summed E-state index contributed by atoms with van der Waals surface area (Å²) in [7, 11) is 0. The molecule has 2 N–H and O–H groups in total. The smallest absolute Gasteiger partial charge is 0.227 e. The molecule has 1 saturated heterocycles. The van der Waals surface area contributed by atoms with Crippen LogP contribution >= 0.6 is 11.5 Å². The summed E-state index contributed by atoms with van der Waals surface area (Å²) in [4.78, 5) is 20.0. The van der Waals surface area contributed by atoms with Crippen LogP contribution in [-0.4, -0.2) is 51.3 Å². The standard InChI is InChI=1S/C20H24N6O2S/c1-12-11-28-9-8-26(12)16-10-15(22-20(27)13-4-2-3-5-13)19-18(23-16)17(25-29-19)14-6-7-21-24-14/h6-7,10,12-13H,2-5,8-9,11H2,1H3,(H,21,24)(H,22,23,27)/t12-/m1/s1. The third-order valence-electron chi connectivity index (χ3n) is 5.81. The second-order valence-electron chi connectivity index (χ2n) is 7.80. The molecule has 3 aromatic heterocycles. The highest BCUT2D eigenvalue weighted by Crippen LogP contribution is 2.37. The normalized spacial score (nSPS) is 20.4. The lowest BCUT2D eigenvalue weighted by molar-refractivity contribution is -0.119. The first-order valence-corrected chi connectivity index (χ1v) is 10.9. The van der Waals surface area contributed by atoms with Crippen LogP contribution in [0.2, 0.25) is 0 Å². The summed E-state index contributed by atoms with van der Waals surface area (Å²) < 4.78 is 11.1. The van der Waals surface area contributed by atoms with E-state index < -0.39 is 0 Å². The van der Waals surface area contributed by atoms with Gasteiger partial charge in [-0.15, -0.1) is 0 Å². The number of nitrogens with zero attached hydrogens (tertiary/aromatic N) is 4. The molecule has 5 rings (SSSR count). The summed E-state index contributed by atoms with van der Waals surface area (Å²) in [6.45, 7) is 4.23. The number of carbonyl (C=O) groups is 1. The SMILES string of the molecule is C[C@@H]1COCCN1c1cc(NC(=O)C2CCCC2)c2snc(-c3ccn[nH]3)c2n1. The fraction of sp³-hybridized carbons (Fsp3) is 0.500. The molecular formula is C20H24N6O2S. The molecule has 152 valence electrons. The minimum absolute atomic E-state index is 0.101. The Morgan fingerprint density at radius 2 is 2.24 bits per heavy atom. The average molecular weight is 413 g/mol. The first-order valence-electron chi connectivity index (χ1n) is 10.2. The number of fused-ring (bicyclic) bond motifs is 1. The first kappa shape index (κ1) is 18.5. The predicted molar refractivity (Wildman–Crippen MR) is 113 cm³/mol. The number of carbonyl (C=O) groups excluding carboxylic acids is 1. The van der Waals surface area contributed by atoms with Crippen molar-refractivity contribution in [2.75, 3.05) is 30.0 Å². The van der Waals surface area contributed by atoms with Crippen molar-refractivity contribution in [3.63, 3.8) is 0 Å². The van der Waals surface area contributed by atoms with E-state index in [1.807, 2.05) is 12.1 Å². The number of pyridine rings is 1. The van der Waals surface area contributed by atoms with Crippen molar-refractivity contribution in [1.29, 1.82) is 0 Å². The Hall–Kier alpha value is -2.52. The van der Waals surface area contributed by atoms with Crippen LogP contribution in [-0.2, 0) is 9.53 Å². The minimum Gasteiger partial charge on any atom is -0.377 e. The molecular weight excluding hydrogens is 388 g/mol. The van der Waals surface area contributed by atoms with Crippen LogP contribution in [0, 0.1) is 5.92 Å². The highest BCUT2D eigenvalue weighted by Gasteiger charge is 2.27. The molecule has 0 radical (unpaired) electrons. The van der Waals surface area contributed by atoms with Gasteiger partial charge in [0.25, 0.3) is 0 Å². The van der Waals surface area contributed by atoms with E-state index in [4.69, 9.17) is 9.72 Å². The molecule has 1 atom stereocenters. The molecule has 1 aliphatic carbocycles. The average Bonchev–Trinajstić information content (AvgIpc) is 3.48. The highest BCUT2D eigenvalue weighted by atomic mass is 32.1. The van der Waals surface area contributed by atoms with E-state index in [0.717, 1.165) is 65.3 Å². The van der Waals surface area contributed by atoms with E-state index in [1.165, 1.54) is 11.5 Å². The maximum atomic E-state index is 12.8. The number of aromatic amines is 1. The summed E-state index contributed by atoms with van der Waals surface area (Å²) in [5.41, 5.74) is 3.17. The Morgan fingerprint density at radius 3 is 3.00 bits per heavy atom. The number of ether oxygens (including phenoxy) is 1. The first-order chi connectivity index (χ1) is 14.2. The molecule has 9 heteroatoms. The maximum absolute atomic E-state index is 12.8. The molecule has 2 fully saturated rings. The Bertz CT molecular complexity index is 1010. The largest absolute Gasteiger partial charge is 0.377 e. The number of nitrogens with one attached hydrogen (secondary N) is 2. The molecule has 1 amide bonds. The number of anilines is 2. The van der Waals surface area contributed by atoms with Gasteiger partial charge in [-0.2, -0.15) is 9.47 Å². The van der Waals surface area contributed by atoms with Crippen LogP contribution in [0.25, 0.3) is 21.6 Å². The highest BCUT2D eigenvalue weighted by molar-refractivity contribution is 7.14. The number of amides is 1. The zero-order valence-corrected chi connectivity index (χ0v) is 17.2. The van der Waals surface area contributed by atoms with E-state index in [-0.39, 0.29) is 17.9 Å². The Morgan fingerprint density at radius 1 is 1.38 bits per heavy atom. The van der Waals surface area contributed by atoms with Crippen molar-refractivity contribution < 1.29 is 9.53 Å². The van der Waals surface area contributed by atoms with Crippen molar-refractivity contribution in [2.45, 2.75) is 38.6 Å². The fourth-order valence-corrected chi connectivity index (χ4v) is 5.01. The van der Waals surface area contributed by atoms with Gasteiger partial charge in [0, 0.05) is 24.7 Å². The van der Waals surface area contributed by atoms with Gasteiger partial charge in [0.15, 0.2) is 0 Å². The molecule has 2 aliphatic rings. The van der Waals surface area contributed by atoms with Gasteiger partial charge < -0.3 is 15.0 Å². The summed E-state index contributed by atoms with van der Waals surface area (Å²) in [5.74, 6) is 1.05. The van der Waals surface area contributed by atoms with Crippen LogP contribution < -0.4 is 10.2 Å². The summed E-state index contributed by atoms with van der Waals surface area (Å²) in [6, 6.07) is 4.09. The Balaban J connectivity index is 1.59. The second kappa shape index (κ2) is 7.72. The molecule has 0 spiro atoms. The van der Waals surface area contributed by atoms with E-state index in [1.54, 1.807) is 6.20 Å². The van der Waals surface area contributed by atoms with Gasteiger partial charge >= 0.3 is 0 Å². The summed E-state index contributed by atoms with van der Waals surface area (Å²) in [6.07, 6.45) is 5.90. The monoisotopic (exact) mass is 412 g/mol. The topological polar surface area (TPSA) is 96.0 Å². The van der Waals surface area contributed by atoms with Gasteiger partial charge in [-0.3, -0.25) is 9.89 Å². The third-order valence-corrected chi connectivity index (χ3v) is 6.68. The van der Waals surface area contributed by atoms with Gasteiger partial charge in [0.05, 0.1) is 35.3 Å². The van der Waals surface area contributed by atoms with Crippen molar-refractivity contribution in [3.05, 3.63) is 18.3 Å². The van der Waals surface area contributed by atoms with E-state index in [2.05, 4.69) is 31.7 Å². The molecule has 3 aromatic rings. The minimum atomic E-state index is 0.101. The van der Waals surface area contributed by atoms with Gasteiger partial charge in [-0.25, -0.2) is 4.98 Å². The van der Waals surface area contributed by atoms with Crippen molar-refractivity contribution >= 4 is 39.2 Å². The third kappa shape index (κ3) is 3.49. The van der Waals surface area contributed by atoms with Crippen LogP contribution in [0.4, 0.5) is 11.5 Å². The van der Waals surface area contributed by atoms with Crippen LogP contribution in [0.15, 0.2) is 18.3 Å². The van der Waals surface area contributed by atoms with Crippen molar-refractivity contribution in [1.82, 2.24) is 19.6 Å². The molecule has 0 unspecified atom stereocenters. The van der Waals surface area contributed by atoms with Crippen LogP contribution in [0.1, 0.15) is 32.6 Å². The van der Waals surface area contributed by atoms with E-state index in [9.17, 15) is 4.79 Å². The number of morpholine rings is 1. The molecule has 0 bridgehead atoms. The molecule has 1 aliphatic heterocycles. The predicted octanol–water partition coefficient (Wildman–Crippen LogP) is 3.44. The number of hydrogen-bond donors (Lipinski definition) is 2. The van der Waals surface area contributed by atoms with Crippen LogP contribution in [0.3, 0.4) is 0 Å². The zero-order valence-electron chi connectivity index (χ0n) is 16.4. The van der Waals surface area contributed by atoms with Crippen molar-refractivity contribution in [3.8, 4) is 11.4 Å². The molecule has 29 heavy (non-hydrogen) atoms. The van der Waals surface area contributed by atoms with Crippen LogP contribution in [0.5, 0.6) is 0 Å². The van der Waals surface area contributed by atoms with Crippen molar-refractivity contribution in [2.24, 2.45) is 5.92 Å². The Labute approximate surface area is 172 Å². The van der Waals surface area contributed by atoms with Gasteiger partial charge in [-0.05, 0) is 37.4 Å². The lowest BCUT2D eigenvalue weighted by Gasteiger charge is -2.34. The maximum Gasteiger partial charge on any atom is 0.227 e. The van der Waals surface area contributed by atoms with Gasteiger partial charge in [0.1, 0.15) is 17.0 Å². The number of aromatic nitrogens is 4. The lowest BCUT2D eigenvalue weighted by Crippen LogP contribution is -2.44. The summed E-state index contributed by atoms with van der Waals surface area (Å²) >= 11 is 1.36. The molecule has 1 saturated carbocycles.